The van der Waals surface area contributed by atoms with Crippen LogP contribution in [-0.2, 0) is 6.42 Å². The Bertz CT molecular complexity index is 564. The van der Waals surface area contributed by atoms with Gasteiger partial charge in [-0.2, -0.15) is 0 Å². The summed E-state index contributed by atoms with van der Waals surface area (Å²) in [5, 5.41) is 17.8. The van der Waals surface area contributed by atoms with Gasteiger partial charge in [-0.3, -0.25) is 0 Å². The van der Waals surface area contributed by atoms with Gasteiger partial charge in [0.15, 0.2) is 9.95 Å². The van der Waals surface area contributed by atoms with Gasteiger partial charge in [0.1, 0.15) is 0 Å². The minimum Gasteiger partial charge on any atom is -0.0614 e. The van der Waals surface area contributed by atoms with Crippen LogP contribution in [-0.4, -0.2) is 0 Å². The van der Waals surface area contributed by atoms with Crippen molar-refractivity contribution in [3.8, 4) is 0 Å². The van der Waals surface area contributed by atoms with E-state index in [1.807, 2.05) is 24.3 Å². The van der Waals surface area contributed by atoms with Crippen LogP contribution in [0.4, 0.5) is 11.4 Å². The normalized spacial score (nSPS) is 9.29. The highest BCUT2D eigenvalue weighted by molar-refractivity contribution is 5.58. The lowest BCUT2D eigenvalue weighted by Crippen LogP contribution is -1.88. The number of hydrogen-bond acceptors (Lipinski definition) is 2. The third-order valence-electron chi connectivity index (χ3n) is 2.58. The van der Waals surface area contributed by atoms with E-state index in [0.29, 0.717) is 17.8 Å². The zero-order valence-electron chi connectivity index (χ0n) is 9.11. The molecule has 80 valence electrons. The monoisotopic (exact) mass is 222 g/mol. The van der Waals surface area contributed by atoms with Crippen molar-refractivity contribution < 1.29 is 0 Å². The second-order valence-corrected chi connectivity index (χ2v) is 3.63. The molecule has 0 atom stereocenters. The highest BCUT2D eigenvalue weighted by Crippen LogP contribution is 2.26. The van der Waals surface area contributed by atoms with Crippen LogP contribution in [0.25, 0.3) is 9.95 Å². The summed E-state index contributed by atoms with van der Waals surface area (Å²) >= 11 is 0. The van der Waals surface area contributed by atoms with Crippen molar-refractivity contribution in [1.29, 1.82) is 10.8 Å². The van der Waals surface area contributed by atoms with Crippen LogP contribution in [0.3, 0.4) is 0 Å². The Morgan fingerprint density at radius 1 is 0.706 bits per heavy atom. The maximum Gasteiger partial charge on any atom is 0.388 e. The van der Waals surface area contributed by atoms with Crippen molar-refractivity contribution in [2.45, 2.75) is 6.42 Å². The Hall–Kier alpha value is -2.72. The van der Waals surface area contributed by atoms with Crippen LogP contribution in [0.15, 0.2) is 48.5 Å². The zero-order valence-corrected chi connectivity index (χ0v) is 9.11. The van der Waals surface area contributed by atoms with Crippen LogP contribution in [0.2, 0.25) is 0 Å². The maximum atomic E-state index is 8.88. The number of benzene rings is 2. The van der Waals surface area contributed by atoms with Gasteiger partial charge in [0, 0.05) is 18.6 Å². The van der Waals surface area contributed by atoms with Crippen LogP contribution >= 0.6 is 0 Å². The molecule has 0 aliphatic carbocycles. The van der Waals surface area contributed by atoms with Gasteiger partial charge in [-0.1, -0.05) is 36.4 Å². The van der Waals surface area contributed by atoms with Gasteiger partial charge in [0.25, 0.3) is 0 Å². The summed E-state index contributed by atoms with van der Waals surface area (Å²) in [6, 6.07) is 14.6. The molecule has 0 bridgehead atoms. The molecular formula is C13H10N4+2. The topological polar surface area (TPSA) is 56.3 Å². The van der Waals surface area contributed by atoms with Gasteiger partial charge < -0.3 is 0 Å². The van der Waals surface area contributed by atoms with Gasteiger partial charge >= 0.3 is 11.4 Å². The first-order valence-corrected chi connectivity index (χ1v) is 5.21. The molecule has 0 unspecified atom stereocenters. The molecule has 0 fully saturated rings. The Balaban J connectivity index is 2.40. The Morgan fingerprint density at radius 2 is 1.12 bits per heavy atom. The first-order valence-electron chi connectivity index (χ1n) is 5.21. The van der Waals surface area contributed by atoms with Crippen LogP contribution in [0.5, 0.6) is 0 Å². The van der Waals surface area contributed by atoms with Gasteiger partial charge in [-0.05, 0) is 0 Å². The highest BCUT2D eigenvalue weighted by Gasteiger charge is 2.18. The molecule has 0 N–H and O–H groups in total. The average Bonchev–Trinajstić information content (AvgIpc) is 2.40. The second kappa shape index (κ2) is 4.87. The van der Waals surface area contributed by atoms with Crippen molar-refractivity contribution >= 4 is 11.4 Å². The van der Waals surface area contributed by atoms with E-state index in [2.05, 4.69) is 9.95 Å². The predicted molar refractivity (Wildman–Crippen MR) is 65.2 cm³/mol. The largest absolute Gasteiger partial charge is 0.388 e. The number of diazo groups is 2. The Labute approximate surface area is 98.8 Å². The van der Waals surface area contributed by atoms with Crippen molar-refractivity contribution in [2.75, 3.05) is 0 Å². The minimum atomic E-state index is 0.528. The standard InChI is InChI=1S/C13H10N4/c14-16-12-7-3-1-5-10(12)9-11-6-2-4-8-13(11)17-15/h1-8H,9H2/q+2. The third kappa shape index (κ3) is 2.27. The predicted octanol–water partition coefficient (Wildman–Crippen LogP) is 4.25. The van der Waals surface area contributed by atoms with Crippen LogP contribution < -0.4 is 0 Å². The van der Waals surface area contributed by atoms with Crippen LogP contribution in [0, 0.1) is 10.8 Å². The SMILES string of the molecule is N#[N+]c1ccccc1Cc1ccccc1[N+]#N. The lowest BCUT2D eigenvalue weighted by Gasteiger charge is -1.96. The lowest BCUT2D eigenvalue weighted by atomic mass is 10.0. The first kappa shape index (κ1) is 10.8. The first-order chi connectivity index (χ1) is 8.35. The Morgan fingerprint density at radius 3 is 1.53 bits per heavy atom. The molecule has 17 heavy (non-hydrogen) atoms. The minimum absolute atomic E-state index is 0.528. The van der Waals surface area contributed by atoms with E-state index >= 15 is 0 Å². The average molecular weight is 222 g/mol. The molecule has 0 saturated carbocycles. The fourth-order valence-corrected chi connectivity index (χ4v) is 1.72. The summed E-state index contributed by atoms with van der Waals surface area (Å²) in [7, 11) is 0. The number of hydrogen-bond donors (Lipinski definition) is 0. The van der Waals surface area contributed by atoms with Crippen molar-refractivity contribution in [1.82, 2.24) is 0 Å². The molecule has 2 rings (SSSR count). The smallest absolute Gasteiger partial charge is 0.0614 e. The molecule has 0 saturated heterocycles. The summed E-state index contributed by atoms with van der Waals surface area (Å²) < 4.78 is 0. The second-order valence-electron chi connectivity index (χ2n) is 3.63. The Kier molecular flexibility index (Phi) is 3.09. The molecule has 0 aromatic heterocycles. The maximum absolute atomic E-state index is 8.88. The number of rotatable bonds is 2. The van der Waals surface area contributed by atoms with Gasteiger partial charge in [0.2, 0.25) is 10.8 Å². The fourth-order valence-electron chi connectivity index (χ4n) is 1.72. The van der Waals surface area contributed by atoms with E-state index in [4.69, 9.17) is 10.8 Å². The summed E-state index contributed by atoms with van der Waals surface area (Å²) in [6.45, 7) is 0. The molecule has 0 spiro atoms. The van der Waals surface area contributed by atoms with E-state index in [0.717, 1.165) is 11.1 Å². The molecule has 4 nitrogen and oxygen atoms in total. The molecule has 0 amide bonds. The molecular weight excluding hydrogens is 212 g/mol. The summed E-state index contributed by atoms with van der Waals surface area (Å²) in [4.78, 5) is 6.46. The van der Waals surface area contributed by atoms with E-state index in [1.54, 1.807) is 24.3 Å². The van der Waals surface area contributed by atoms with E-state index in [1.165, 1.54) is 0 Å². The fraction of sp³-hybridized carbons (Fsp3) is 0.0769. The van der Waals surface area contributed by atoms with Crippen molar-refractivity contribution in [3.05, 3.63) is 69.6 Å². The molecule has 0 heterocycles. The van der Waals surface area contributed by atoms with Gasteiger partial charge in [-0.15, -0.1) is 0 Å². The molecule has 0 aliphatic rings. The lowest BCUT2D eigenvalue weighted by molar-refractivity contribution is 1.20. The van der Waals surface area contributed by atoms with Crippen LogP contribution in [0.1, 0.15) is 11.1 Å². The summed E-state index contributed by atoms with van der Waals surface area (Å²) in [6.07, 6.45) is 0.556. The van der Waals surface area contributed by atoms with E-state index in [9.17, 15) is 0 Å². The van der Waals surface area contributed by atoms with E-state index < -0.39 is 0 Å². The summed E-state index contributed by atoms with van der Waals surface area (Å²) in [5.74, 6) is 0. The molecule has 4 heteroatoms. The summed E-state index contributed by atoms with van der Waals surface area (Å²) in [5.41, 5.74) is 2.82. The highest BCUT2D eigenvalue weighted by atomic mass is 14.9. The van der Waals surface area contributed by atoms with Gasteiger partial charge in [-0.25, -0.2) is 0 Å². The van der Waals surface area contributed by atoms with Crippen molar-refractivity contribution in [2.24, 2.45) is 0 Å². The molecule has 2 aromatic carbocycles. The van der Waals surface area contributed by atoms with Crippen molar-refractivity contribution in [3.63, 3.8) is 0 Å². The van der Waals surface area contributed by atoms with E-state index in [-0.39, 0.29) is 0 Å². The third-order valence-corrected chi connectivity index (χ3v) is 2.58. The molecule has 2 aromatic rings. The quantitative estimate of drug-likeness (QED) is 0.713. The number of nitrogens with zero attached hydrogens (tertiary/aromatic N) is 4. The molecule has 0 radical (unpaired) electrons. The zero-order chi connectivity index (χ0) is 12.1. The van der Waals surface area contributed by atoms with Gasteiger partial charge in [0.05, 0.1) is 11.1 Å². The molecule has 0 aliphatic heterocycles.